The summed E-state index contributed by atoms with van der Waals surface area (Å²) in [6, 6.07) is 3.25. The van der Waals surface area contributed by atoms with Gasteiger partial charge in [-0.25, -0.2) is 9.78 Å². The number of carbonyl (C=O) groups is 1. The van der Waals surface area contributed by atoms with Crippen LogP contribution in [0, 0.1) is 5.21 Å². The summed E-state index contributed by atoms with van der Waals surface area (Å²) in [5, 5.41) is 13.5. The summed E-state index contributed by atoms with van der Waals surface area (Å²) in [5.41, 5.74) is 0.116. The number of rotatable bonds is 2. The zero-order chi connectivity index (χ0) is 14.9. The molecule has 2 heterocycles. The molecule has 0 N–H and O–H groups in total. The summed E-state index contributed by atoms with van der Waals surface area (Å²) in [4.78, 5) is 16.1. The highest BCUT2D eigenvalue weighted by atomic mass is 35.5. The summed E-state index contributed by atoms with van der Waals surface area (Å²) in [6.07, 6.45) is 1.30. The third-order valence-corrected chi connectivity index (χ3v) is 3.49. The lowest BCUT2D eigenvalue weighted by molar-refractivity contribution is -0.602. The number of ether oxygens (including phenoxy) is 1. The van der Waals surface area contributed by atoms with Crippen LogP contribution in [-0.4, -0.2) is 16.6 Å². The molecule has 0 radical (unpaired) electrons. The molecule has 0 saturated heterocycles. The molecule has 0 fully saturated rings. The van der Waals surface area contributed by atoms with E-state index in [1.165, 1.54) is 17.5 Å². The average molecular weight is 313 g/mol. The van der Waals surface area contributed by atoms with Crippen LogP contribution in [0.4, 0.5) is 0 Å². The van der Waals surface area contributed by atoms with Crippen LogP contribution >= 0.6 is 22.9 Å². The molecule has 0 bridgehead atoms. The lowest BCUT2D eigenvalue weighted by Crippen LogP contribution is -2.26. The Kier molecular flexibility index (Phi) is 3.96. The minimum absolute atomic E-state index is 0.0255. The third-order valence-electron chi connectivity index (χ3n) is 2.24. The van der Waals surface area contributed by atoms with Crippen molar-refractivity contribution in [1.82, 2.24) is 4.98 Å². The van der Waals surface area contributed by atoms with Gasteiger partial charge in [0.25, 0.3) is 5.15 Å². The Labute approximate surface area is 125 Å². The van der Waals surface area contributed by atoms with Crippen molar-refractivity contribution in [2.75, 3.05) is 0 Å². The molecule has 106 valence electrons. The van der Waals surface area contributed by atoms with E-state index in [0.29, 0.717) is 15.3 Å². The maximum Gasteiger partial charge on any atom is 0.358 e. The Morgan fingerprint density at radius 2 is 2.20 bits per heavy atom. The van der Waals surface area contributed by atoms with E-state index in [-0.39, 0.29) is 10.8 Å². The van der Waals surface area contributed by atoms with E-state index >= 15 is 0 Å². The van der Waals surface area contributed by atoms with Crippen molar-refractivity contribution >= 4 is 28.9 Å². The van der Waals surface area contributed by atoms with Crippen LogP contribution < -0.4 is 4.73 Å². The van der Waals surface area contributed by atoms with Crippen molar-refractivity contribution < 1.29 is 14.3 Å². The molecule has 0 spiro atoms. The minimum atomic E-state index is -0.580. The fourth-order valence-electron chi connectivity index (χ4n) is 1.45. The van der Waals surface area contributed by atoms with Gasteiger partial charge in [0.15, 0.2) is 11.9 Å². The first-order valence-electron chi connectivity index (χ1n) is 5.85. The molecule has 0 aliphatic carbocycles. The molecule has 2 aromatic rings. The van der Waals surface area contributed by atoms with Gasteiger partial charge in [-0.05, 0) is 38.4 Å². The molecule has 5 nitrogen and oxygen atoms in total. The monoisotopic (exact) mass is 312 g/mol. The zero-order valence-corrected chi connectivity index (χ0v) is 12.8. The SMILES string of the molecule is CC(C)(C)OC(=O)c1csc(-c2ccc[n+]([O-])c2Cl)n1. The second kappa shape index (κ2) is 5.38. The Hall–Kier alpha value is -1.66. The fraction of sp³-hybridized carbons (Fsp3) is 0.308. The first-order valence-corrected chi connectivity index (χ1v) is 7.10. The second-order valence-electron chi connectivity index (χ2n) is 5.08. The molecule has 0 amide bonds. The number of hydrogen-bond acceptors (Lipinski definition) is 5. The van der Waals surface area contributed by atoms with Gasteiger partial charge in [0.1, 0.15) is 10.6 Å². The predicted molar refractivity (Wildman–Crippen MR) is 76.7 cm³/mol. The predicted octanol–water partition coefficient (Wildman–Crippen LogP) is 3.05. The zero-order valence-electron chi connectivity index (χ0n) is 11.2. The van der Waals surface area contributed by atoms with E-state index in [0.717, 1.165) is 0 Å². The lowest BCUT2D eigenvalue weighted by Gasteiger charge is -2.18. The van der Waals surface area contributed by atoms with E-state index in [9.17, 15) is 10.0 Å². The summed E-state index contributed by atoms with van der Waals surface area (Å²) >= 11 is 7.16. The van der Waals surface area contributed by atoms with Crippen LogP contribution in [0.5, 0.6) is 0 Å². The van der Waals surface area contributed by atoms with E-state index in [2.05, 4.69) is 4.98 Å². The van der Waals surface area contributed by atoms with Crippen LogP contribution in [-0.2, 0) is 4.74 Å². The van der Waals surface area contributed by atoms with Crippen molar-refractivity contribution in [3.05, 3.63) is 39.8 Å². The summed E-state index contributed by atoms with van der Waals surface area (Å²) in [7, 11) is 0. The van der Waals surface area contributed by atoms with Gasteiger partial charge in [-0.1, -0.05) is 0 Å². The Bertz CT molecular complexity index is 649. The number of hydrogen-bond donors (Lipinski definition) is 0. The van der Waals surface area contributed by atoms with Crippen molar-refractivity contribution in [1.29, 1.82) is 0 Å². The lowest BCUT2D eigenvalue weighted by atomic mass is 10.2. The largest absolute Gasteiger partial charge is 0.618 e. The average Bonchev–Trinajstić information content (AvgIpc) is 2.80. The molecule has 0 aromatic carbocycles. The maximum atomic E-state index is 11.9. The second-order valence-corrected chi connectivity index (χ2v) is 6.29. The highest BCUT2D eigenvalue weighted by Gasteiger charge is 2.22. The number of thiazole rings is 1. The van der Waals surface area contributed by atoms with Gasteiger partial charge in [-0.15, -0.1) is 11.3 Å². The molecule has 2 aromatic heterocycles. The molecule has 20 heavy (non-hydrogen) atoms. The third kappa shape index (κ3) is 3.26. The van der Waals surface area contributed by atoms with Gasteiger partial charge in [0, 0.05) is 11.4 Å². The van der Waals surface area contributed by atoms with E-state index in [1.54, 1.807) is 38.3 Å². The molecule has 0 unspecified atom stereocenters. The van der Waals surface area contributed by atoms with E-state index in [4.69, 9.17) is 16.3 Å². The van der Waals surface area contributed by atoms with Crippen molar-refractivity contribution in [2.24, 2.45) is 0 Å². The summed E-state index contributed by atoms with van der Waals surface area (Å²) in [5.74, 6) is -0.498. The Morgan fingerprint density at radius 3 is 2.85 bits per heavy atom. The standard InChI is InChI=1S/C13H13ClN2O3S/c1-13(2,3)19-12(17)9-7-20-11(15-9)8-5-4-6-16(18)10(8)14/h4-7H,1-3H3. The van der Waals surface area contributed by atoms with Crippen LogP contribution in [0.1, 0.15) is 31.3 Å². The quantitative estimate of drug-likeness (QED) is 0.370. The number of esters is 1. The molecule has 7 heteroatoms. The van der Waals surface area contributed by atoms with Crippen LogP contribution in [0.25, 0.3) is 10.6 Å². The van der Waals surface area contributed by atoms with Crippen molar-refractivity contribution in [3.8, 4) is 10.6 Å². The van der Waals surface area contributed by atoms with E-state index in [1.807, 2.05) is 0 Å². The molecule has 2 rings (SSSR count). The van der Waals surface area contributed by atoms with Gasteiger partial charge < -0.3 is 9.94 Å². The smallest absolute Gasteiger partial charge is 0.358 e. The van der Waals surface area contributed by atoms with Crippen LogP contribution in [0.2, 0.25) is 5.15 Å². The molecule has 0 aliphatic rings. The number of aromatic nitrogens is 2. The Balaban J connectivity index is 2.30. The van der Waals surface area contributed by atoms with Gasteiger partial charge in [0.05, 0.1) is 5.56 Å². The molecule has 0 saturated carbocycles. The summed E-state index contributed by atoms with van der Waals surface area (Å²) in [6.45, 7) is 5.35. The number of pyridine rings is 1. The maximum absolute atomic E-state index is 11.9. The fourth-order valence-corrected chi connectivity index (χ4v) is 2.53. The van der Waals surface area contributed by atoms with Crippen molar-refractivity contribution in [3.63, 3.8) is 0 Å². The topological polar surface area (TPSA) is 66.1 Å². The first kappa shape index (κ1) is 14.7. The minimum Gasteiger partial charge on any atom is -0.618 e. The van der Waals surface area contributed by atoms with Crippen LogP contribution in [0.15, 0.2) is 23.7 Å². The van der Waals surface area contributed by atoms with Crippen molar-refractivity contribution in [2.45, 2.75) is 26.4 Å². The number of nitrogens with zero attached hydrogens (tertiary/aromatic N) is 2. The van der Waals surface area contributed by atoms with Gasteiger partial charge in [-0.2, -0.15) is 4.73 Å². The molecular weight excluding hydrogens is 300 g/mol. The highest BCUT2D eigenvalue weighted by Crippen LogP contribution is 2.28. The molecular formula is C13H13ClN2O3S. The van der Waals surface area contributed by atoms with Gasteiger partial charge in [0.2, 0.25) is 0 Å². The molecule has 0 atom stereocenters. The first-order chi connectivity index (χ1) is 9.28. The van der Waals surface area contributed by atoms with E-state index < -0.39 is 11.6 Å². The highest BCUT2D eigenvalue weighted by molar-refractivity contribution is 7.13. The molecule has 0 aliphatic heterocycles. The number of halogens is 1. The van der Waals surface area contributed by atoms with Gasteiger partial charge >= 0.3 is 5.97 Å². The van der Waals surface area contributed by atoms with Gasteiger partial charge in [-0.3, -0.25) is 0 Å². The normalized spacial score (nSPS) is 11.4. The Morgan fingerprint density at radius 1 is 1.50 bits per heavy atom. The summed E-state index contributed by atoms with van der Waals surface area (Å²) < 4.78 is 5.78. The van der Waals surface area contributed by atoms with Crippen LogP contribution in [0.3, 0.4) is 0 Å². The number of carbonyl (C=O) groups excluding carboxylic acids is 1.